The van der Waals surface area contributed by atoms with E-state index in [1.807, 2.05) is 19.9 Å². The molecule has 0 spiro atoms. The van der Waals surface area contributed by atoms with Crippen molar-refractivity contribution < 1.29 is 13.2 Å². The summed E-state index contributed by atoms with van der Waals surface area (Å²) in [4.78, 5) is 12.4. The largest absolute Gasteiger partial charge is 0.352 e. The molecule has 0 aromatic heterocycles. The van der Waals surface area contributed by atoms with Crippen LogP contribution in [-0.4, -0.2) is 26.9 Å². The van der Waals surface area contributed by atoms with E-state index in [2.05, 4.69) is 10.0 Å². The van der Waals surface area contributed by atoms with Crippen molar-refractivity contribution in [3.8, 4) is 0 Å². The number of nitrogens with two attached hydrogens (primary N) is 1. The van der Waals surface area contributed by atoms with Gasteiger partial charge < -0.3 is 11.1 Å². The molecular formula is C19H25N3O3S. The van der Waals surface area contributed by atoms with Crippen molar-refractivity contribution in [1.29, 1.82) is 0 Å². The fourth-order valence-corrected chi connectivity index (χ4v) is 3.83. The maximum absolute atomic E-state index is 12.7. The summed E-state index contributed by atoms with van der Waals surface area (Å²) in [5, 5.41) is 2.77. The Labute approximate surface area is 154 Å². The van der Waals surface area contributed by atoms with Gasteiger partial charge in [-0.15, -0.1) is 0 Å². The Morgan fingerprint density at radius 2 is 1.88 bits per heavy atom. The molecule has 140 valence electrons. The van der Waals surface area contributed by atoms with Gasteiger partial charge in [0.05, 0.1) is 4.90 Å². The smallest absolute Gasteiger partial charge is 0.262 e. The van der Waals surface area contributed by atoms with Gasteiger partial charge in [-0.05, 0) is 62.6 Å². The minimum Gasteiger partial charge on any atom is -0.352 e. The number of sulfonamides is 1. The highest BCUT2D eigenvalue weighted by molar-refractivity contribution is 7.92. The summed E-state index contributed by atoms with van der Waals surface area (Å²) < 4.78 is 27.9. The zero-order valence-electron chi connectivity index (χ0n) is 15.2. The SMILES string of the molecule is Cc1ccc(C)c(S(=O)(=O)Nc2cccc(C(=O)NCCC(C)N)c2)c1. The van der Waals surface area contributed by atoms with Crippen LogP contribution in [0.2, 0.25) is 0 Å². The van der Waals surface area contributed by atoms with Gasteiger partial charge in [0.1, 0.15) is 0 Å². The van der Waals surface area contributed by atoms with Crippen LogP contribution < -0.4 is 15.8 Å². The highest BCUT2D eigenvalue weighted by Gasteiger charge is 2.17. The van der Waals surface area contributed by atoms with Crippen molar-refractivity contribution in [3.63, 3.8) is 0 Å². The molecule has 1 amide bonds. The molecule has 0 saturated heterocycles. The number of nitrogens with one attached hydrogen (secondary N) is 2. The van der Waals surface area contributed by atoms with Crippen LogP contribution in [0.15, 0.2) is 47.4 Å². The van der Waals surface area contributed by atoms with Crippen molar-refractivity contribution in [2.45, 2.75) is 38.1 Å². The highest BCUT2D eigenvalue weighted by Crippen LogP contribution is 2.21. The van der Waals surface area contributed by atoms with Crippen LogP contribution in [-0.2, 0) is 10.0 Å². The molecule has 1 atom stereocenters. The van der Waals surface area contributed by atoms with Gasteiger partial charge in [0, 0.05) is 23.8 Å². The van der Waals surface area contributed by atoms with Crippen LogP contribution in [0.5, 0.6) is 0 Å². The standard InChI is InChI=1S/C19H25N3O3S/c1-13-7-8-14(2)18(11-13)26(24,25)22-17-6-4-5-16(12-17)19(23)21-10-9-15(3)20/h4-8,11-12,15,22H,9-10,20H2,1-3H3,(H,21,23). The fraction of sp³-hybridized carbons (Fsp3) is 0.316. The molecule has 0 fully saturated rings. The van der Waals surface area contributed by atoms with Crippen molar-refractivity contribution in [1.82, 2.24) is 5.32 Å². The van der Waals surface area contributed by atoms with Crippen molar-refractivity contribution >= 4 is 21.6 Å². The molecule has 0 aliphatic rings. The molecule has 0 aliphatic heterocycles. The van der Waals surface area contributed by atoms with E-state index in [-0.39, 0.29) is 16.8 Å². The molecule has 0 heterocycles. The Balaban J connectivity index is 2.17. The summed E-state index contributed by atoms with van der Waals surface area (Å²) in [6.45, 7) is 5.92. The van der Waals surface area contributed by atoms with Crippen LogP contribution in [0.4, 0.5) is 5.69 Å². The Morgan fingerprint density at radius 3 is 2.58 bits per heavy atom. The number of rotatable bonds is 7. The first-order chi connectivity index (χ1) is 12.2. The van der Waals surface area contributed by atoms with Crippen molar-refractivity contribution in [2.75, 3.05) is 11.3 Å². The number of amides is 1. The minimum absolute atomic E-state index is 0.00557. The van der Waals surface area contributed by atoms with E-state index in [9.17, 15) is 13.2 Å². The third kappa shape index (κ3) is 5.31. The lowest BCUT2D eigenvalue weighted by Crippen LogP contribution is -2.29. The van der Waals surface area contributed by atoms with Gasteiger partial charge in [0.25, 0.3) is 15.9 Å². The Morgan fingerprint density at radius 1 is 1.15 bits per heavy atom. The average Bonchev–Trinajstić information content (AvgIpc) is 2.56. The summed E-state index contributed by atoms with van der Waals surface area (Å²) >= 11 is 0. The molecule has 2 aromatic carbocycles. The van der Waals surface area contributed by atoms with Crippen molar-refractivity contribution in [3.05, 3.63) is 59.2 Å². The first-order valence-corrected chi connectivity index (χ1v) is 9.91. The van der Waals surface area contributed by atoms with E-state index < -0.39 is 10.0 Å². The lowest BCUT2D eigenvalue weighted by Gasteiger charge is -2.12. The van der Waals surface area contributed by atoms with Crippen LogP contribution in [0.25, 0.3) is 0 Å². The second-order valence-corrected chi connectivity index (χ2v) is 8.13. The third-order valence-corrected chi connectivity index (χ3v) is 5.42. The van der Waals surface area contributed by atoms with Gasteiger partial charge in [-0.3, -0.25) is 9.52 Å². The third-order valence-electron chi connectivity index (χ3n) is 3.90. The molecule has 4 N–H and O–H groups in total. The van der Waals surface area contributed by atoms with Crippen LogP contribution in [0.1, 0.15) is 34.8 Å². The van der Waals surface area contributed by atoms with E-state index in [0.29, 0.717) is 29.8 Å². The van der Waals surface area contributed by atoms with Crippen LogP contribution in [0.3, 0.4) is 0 Å². The number of aryl methyl sites for hydroxylation is 2. The normalized spacial score (nSPS) is 12.5. The number of benzene rings is 2. The van der Waals surface area contributed by atoms with Crippen LogP contribution in [0, 0.1) is 13.8 Å². The topological polar surface area (TPSA) is 101 Å². The average molecular weight is 375 g/mol. The number of anilines is 1. The lowest BCUT2D eigenvalue weighted by atomic mass is 10.2. The Bertz CT molecular complexity index is 893. The van der Waals surface area contributed by atoms with E-state index in [0.717, 1.165) is 5.56 Å². The fourth-order valence-electron chi connectivity index (χ4n) is 2.45. The molecular weight excluding hydrogens is 350 g/mol. The lowest BCUT2D eigenvalue weighted by molar-refractivity contribution is 0.0953. The number of carbonyl (C=O) groups is 1. The van der Waals surface area contributed by atoms with E-state index in [1.54, 1.807) is 37.3 Å². The molecule has 7 heteroatoms. The van der Waals surface area contributed by atoms with E-state index in [1.165, 1.54) is 6.07 Å². The monoisotopic (exact) mass is 375 g/mol. The van der Waals surface area contributed by atoms with Gasteiger partial charge in [-0.1, -0.05) is 18.2 Å². The van der Waals surface area contributed by atoms with Gasteiger partial charge in [-0.2, -0.15) is 0 Å². The second kappa shape index (κ2) is 8.33. The first-order valence-electron chi connectivity index (χ1n) is 8.43. The summed E-state index contributed by atoms with van der Waals surface area (Å²) in [7, 11) is -3.74. The molecule has 2 rings (SSSR count). The maximum Gasteiger partial charge on any atom is 0.262 e. The minimum atomic E-state index is -3.74. The number of carbonyl (C=O) groups excluding carboxylic acids is 1. The van der Waals surface area contributed by atoms with Crippen molar-refractivity contribution in [2.24, 2.45) is 5.73 Å². The molecule has 1 unspecified atom stereocenters. The zero-order chi connectivity index (χ0) is 19.3. The van der Waals surface area contributed by atoms with E-state index >= 15 is 0 Å². The molecule has 6 nitrogen and oxygen atoms in total. The van der Waals surface area contributed by atoms with Gasteiger partial charge in [-0.25, -0.2) is 8.42 Å². The predicted molar refractivity (Wildman–Crippen MR) is 104 cm³/mol. The van der Waals surface area contributed by atoms with Gasteiger partial charge in [0.15, 0.2) is 0 Å². The quantitative estimate of drug-likeness (QED) is 0.692. The zero-order valence-corrected chi connectivity index (χ0v) is 16.1. The molecule has 0 saturated carbocycles. The maximum atomic E-state index is 12.7. The summed E-state index contributed by atoms with van der Waals surface area (Å²) in [5.41, 5.74) is 7.90. The summed E-state index contributed by atoms with van der Waals surface area (Å²) in [5.74, 6) is -0.265. The van der Waals surface area contributed by atoms with Crippen LogP contribution >= 0.6 is 0 Å². The summed E-state index contributed by atoms with van der Waals surface area (Å²) in [6.07, 6.45) is 0.671. The van der Waals surface area contributed by atoms with Gasteiger partial charge in [0.2, 0.25) is 0 Å². The second-order valence-electron chi connectivity index (χ2n) is 6.48. The first kappa shape index (κ1) is 19.9. The Kier molecular flexibility index (Phi) is 6.39. The summed E-state index contributed by atoms with van der Waals surface area (Å²) in [6, 6.07) is 11.7. The molecule has 0 aliphatic carbocycles. The van der Waals surface area contributed by atoms with Gasteiger partial charge >= 0.3 is 0 Å². The molecule has 0 radical (unpaired) electrons. The van der Waals surface area contributed by atoms with E-state index in [4.69, 9.17) is 5.73 Å². The predicted octanol–water partition coefficient (Wildman–Crippen LogP) is 2.57. The molecule has 2 aromatic rings. The number of hydrogen-bond donors (Lipinski definition) is 3. The highest BCUT2D eigenvalue weighted by atomic mass is 32.2. The molecule has 0 bridgehead atoms. The molecule has 26 heavy (non-hydrogen) atoms. The number of hydrogen-bond acceptors (Lipinski definition) is 4. The Hall–Kier alpha value is -2.38.